The maximum atomic E-state index is 14.8. The van der Waals surface area contributed by atoms with Gasteiger partial charge in [-0.1, -0.05) is 31.8 Å². The molecule has 1 aliphatic heterocycles. The summed E-state index contributed by atoms with van der Waals surface area (Å²) in [5, 5.41) is 12.7. The van der Waals surface area contributed by atoms with Gasteiger partial charge in [-0.15, -0.1) is 0 Å². The first-order valence-corrected chi connectivity index (χ1v) is 15.3. The van der Waals surface area contributed by atoms with Crippen LogP contribution in [0.4, 0.5) is 10.1 Å². The number of carboxylic acids is 1. The van der Waals surface area contributed by atoms with Crippen LogP contribution in [-0.4, -0.2) is 49.5 Å². The molecular formula is C26H31FN2O5Si. The van der Waals surface area contributed by atoms with Gasteiger partial charge in [0.15, 0.2) is 0 Å². The molecule has 9 heteroatoms. The van der Waals surface area contributed by atoms with Crippen molar-refractivity contribution in [3.05, 3.63) is 53.3 Å². The van der Waals surface area contributed by atoms with Gasteiger partial charge in [0, 0.05) is 18.2 Å². The molecule has 0 saturated heterocycles. The monoisotopic (exact) mass is 498 g/mol. The molecule has 2 amide bonds. The quantitative estimate of drug-likeness (QED) is 0.594. The molecule has 1 heterocycles. The molecule has 1 atom stereocenters. The molecular weight excluding hydrogens is 467 g/mol. The van der Waals surface area contributed by atoms with Gasteiger partial charge in [0.1, 0.15) is 17.6 Å². The van der Waals surface area contributed by atoms with E-state index in [1.54, 1.807) is 36.3 Å². The van der Waals surface area contributed by atoms with Crippen LogP contribution in [0.25, 0.3) is 0 Å². The van der Waals surface area contributed by atoms with E-state index in [0.717, 1.165) is 5.56 Å². The third-order valence-corrected chi connectivity index (χ3v) is 9.01. The maximum Gasteiger partial charge on any atom is 0.306 e. The molecule has 0 aromatic heterocycles. The average Bonchev–Trinajstić information content (AvgIpc) is 2.75. The summed E-state index contributed by atoms with van der Waals surface area (Å²) in [4.78, 5) is 39.6. The molecule has 2 aromatic rings. The van der Waals surface area contributed by atoms with Gasteiger partial charge in [-0.2, -0.15) is 0 Å². The second kappa shape index (κ2) is 9.45. The van der Waals surface area contributed by atoms with Crippen molar-refractivity contribution in [2.24, 2.45) is 11.8 Å². The molecule has 2 N–H and O–H groups in total. The number of carboxylic acid groups (broad SMARTS) is 1. The number of amides is 2. The fourth-order valence-electron chi connectivity index (χ4n) is 4.92. The van der Waals surface area contributed by atoms with E-state index in [0.29, 0.717) is 35.2 Å². The second-order valence-electron chi connectivity index (χ2n) is 10.4. The number of nitrogens with zero attached hydrogens (tertiary/aromatic N) is 1. The van der Waals surface area contributed by atoms with Crippen LogP contribution in [-0.2, 0) is 20.8 Å². The molecule has 1 aliphatic carbocycles. The first-order chi connectivity index (χ1) is 16.5. The van der Waals surface area contributed by atoms with E-state index in [9.17, 15) is 23.9 Å². The van der Waals surface area contributed by atoms with Crippen LogP contribution in [0.15, 0.2) is 36.4 Å². The summed E-state index contributed by atoms with van der Waals surface area (Å²) in [7, 11) is -0.306. The zero-order chi connectivity index (χ0) is 25.5. The first kappa shape index (κ1) is 24.9. The van der Waals surface area contributed by atoms with Crippen LogP contribution in [0.2, 0.25) is 19.6 Å². The van der Waals surface area contributed by atoms with E-state index in [1.807, 2.05) is 6.07 Å². The molecule has 186 valence electrons. The molecule has 1 fully saturated rings. The van der Waals surface area contributed by atoms with Crippen molar-refractivity contribution in [2.45, 2.75) is 44.9 Å². The van der Waals surface area contributed by atoms with Crippen molar-refractivity contribution in [3.8, 4) is 5.75 Å². The minimum atomic E-state index is -1.87. The van der Waals surface area contributed by atoms with Gasteiger partial charge in [-0.05, 0) is 59.8 Å². The van der Waals surface area contributed by atoms with Gasteiger partial charge in [-0.3, -0.25) is 14.4 Å². The summed E-state index contributed by atoms with van der Waals surface area (Å²) in [6.07, 6.45) is 1.10. The molecule has 0 radical (unpaired) electrons. The van der Waals surface area contributed by atoms with Gasteiger partial charge in [-0.25, -0.2) is 4.39 Å². The number of benzene rings is 2. The van der Waals surface area contributed by atoms with Crippen molar-refractivity contribution in [1.82, 2.24) is 4.90 Å². The van der Waals surface area contributed by atoms with E-state index < -0.39 is 37.8 Å². The molecule has 0 spiro atoms. The zero-order valence-electron chi connectivity index (χ0n) is 20.4. The summed E-state index contributed by atoms with van der Waals surface area (Å²) in [6, 6.07) is 9.25. The number of fused-ring (bicyclic) bond motifs is 1. The third kappa shape index (κ3) is 4.95. The molecule has 7 nitrogen and oxygen atoms in total. The summed E-state index contributed by atoms with van der Waals surface area (Å²) in [6.45, 7) is 6.48. The van der Waals surface area contributed by atoms with Crippen molar-refractivity contribution >= 4 is 36.7 Å². The van der Waals surface area contributed by atoms with Gasteiger partial charge >= 0.3 is 5.97 Å². The number of hydrogen-bond donors (Lipinski definition) is 2. The minimum Gasteiger partial charge on any atom is -0.497 e. The highest BCUT2D eigenvalue weighted by molar-refractivity contribution is 6.88. The van der Waals surface area contributed by atoms with Crippen LogP contribution >= 0.6 is 0 Å². The number of carbonyl (C=O) groups excluding carboxylic acids is 2. The van der Waals surface area contributed by atoms with Crippen molar-refractivity contribution < 1.29 is 28.6 Å². The lowest BCUT2D eigenvalue weighted by Gasteiger charge is -2.41. The van der Waals surface area contributed by atoms with E-state index >= 15 is 0 Å². The molecule has 35 heavy (non-hydrogen) atoms. The fraction of sp³-hybridized carbons (Fsp3) is 0.423. The highest BCUT2D eigenvalue weighted by atomic mass is 28.3. The Bertz CT molecular complexity index is 1170. The Hall–Kier alpha value is -3.20. The summed E-state index contributed by atoms with van der Waals surface area (Å²) in [5.74, 6) is -2.18. The van der Waals surface area contributed by atoms with Crippen molar-refractivity contribution in [2.75, 3.05) is 19.0 Å². The number of anilines is 1. The number of nitrogens with one attached hydrogen (secondary N) is 1. The van der Waals surface area contributed by atoms with E-state index in [1.165, 1.54) is 6.07 Å². The van der Waals surface area contributed by atoms with E-state index in [-0.39, 0.29) is 24.6 Å². The predicted molar refractivity (Wildman–Crippen MR) is 133 cm³/mol. The topological polar surface area (TPSA) is 95.9 Å². The molecule has 2 aromatic carbocycles. The van der Waals surface area contributed by atoms with Crippen molar-refractivity contribution in [3.63, 3.8) is 0 Å². The van der Waals surface area contributed by atoms with Crippen LogP contribution < -0.4 is 15.2 Å². The number of halogens is 1. The number of hydrogen-bond acceptors (Lipinski definition) is 4. The number of ether oxygens (including phenoxy) is 1. The third-order valence-electron chi connectivity index (χ3n) is 6.99. The molecule has 0 unspecified atom stereocenters. The van der Waals surface area contributed by atoms with Gasteiger partial charge in [0.05, 0.1) is 21.1 Å². The second-order valence-corrected chi connectivity index (χ2v) is 15.4. The van der Waals surface area contributed by atoms with Gasteiger partial charge in [0.2, 0.25) is 5.91 Å². The Morgan fingerprint density at radius 2 is 1.80 bits per heavy atom. The summed E-state index contributed by atoms with van der Waals surface area (Å²) < 4.78 is 20.1. The molecule has 0 bridgehead atoms. The lowest BCUT2D eigenvalue weighted by Crippen LogP contribution is -2.50. The van der Waals surface area contributed by atoms with Crippen LogP contribution in [0.5, 0.6) is 5.75 Å². The van der Waals surface area contributed by atoms with Crippen molar-refractivity contribution in [1.29, 1.82) is 0 Å². The Morgan fingerprint density at radius 1 is 1.09 bits per heavy atom. The van der Waals surface area contributed by atoms with Crippen LogP contribution in [0.1, 0.15) is 30.0 Å². The average molecular weight is 499 g/mol. The Balaban J connectivity index is 1.62. The fourth-order valence-corrected chi connectivity index (χ4v) is 6.29. The number of aliphatic carboxylic acids is 1. The lowest BCUT2D eigenvalue weighted by molar-refractivity contribution is -0.154. The Kier molecular flexibility index (Phi) is 6.72. The maximum absolute atomic E-state index is 14.8. The van der Waals surface area contributed by atoms with Crippen LogP contribution in [0.3, 0.4) is 0 Å². The first-order valence-electron chi connectivity index (χ1n) is 11.8. The van der Waals surface area contributed by atoms with Gasteiger partial charge < -0.3 is 20.1 Å². The number of methoxy groups -OCH3 is 1. The highest BCUT2D eigenvalue weighted by Crippen LogP contribution is 2.40. The van der Waals surface area contributed by atoms with E-state index in [2.05, 4.69) is 25.0 Å². The standard InChI is InChI=1S/C26H31FN2O5Si/c1-34-19-6-7-20-15(13-19)9-10-29(25(31)16-11-17(12-16)26(32)33)23(20)24(30)28-18-5-8-22(21(27)14-18)35(2,3)4/h5-8,13-14,16-17,23H,9-12H2,1-4H3,(H,28,30)(H,32,33)/t16-,17+,23-/m1/s1. The van der Waals surface area contributed by atoms with Gasteiger partial charge in [0.25, 0.3) is 5.91 Å². The zero-order valence-corrected chi connectivity index (χ0v) is 21.4. The number of rotatable bonds is 6. The predicted octanol–water partition coefficient (Wildman–Crippen LogP) is 3.55. The summed E-state index contributed by atoms with van der Waals surface area (Å²) in [5.41, 5.74) is 1.93. The molecule has 4 rings (SSSR count). The van der Waals surface area contributed by atoms with Crippen LogP contribution in [0, 0.1) is 17.7 Å². The smallest absolute Gasteiger partial charge is 0.306 e. The Morgan fingerprint density at radius 3 is 2.40 bits per heavy atom. The minimum absolute atomic E-state index is 0.218. The van der Waals surface area contributed by atoms with E-state index in [4.69, 9.17) is 4.74 Å². The SMILES string of the molecule is COc1ccc2c(c1)CCN(C(=O)[C@H]1C[C@@H](C(=O)O)C1)[C@H]2C(=O)Nc1ccc([Si](C)(C)C)c(F)c1. The Labute approximate surface area is 205 Å². The largest absolute Gasteiger partial charge is 0.497 e. The molecule has 1 saturated carbocycles. The highest BCUT2D eigenvalue weighted by Gasteiger charge is 2.44. The molecule has 2 aliphatic rings. The normalized spacial score (nSPS) is 21.5. The lowest BCUT2D eigenvalue weighted by atomic mass is 9.73. The summed E-state index contributed by atoms with van der Waals surface area (Å²) >= 11 is 0. The number of carbonyl (C=O) groups is 3.